The summed E-state index contributed by atoms with van der Waals surface area (Å²) < 4.78 is 33.7. The van der Waals surface area contributed by atoms with Crippen LogP contribution in [0.2, 0.25) is 0 Å². The minimum absolute atomic E-state index is 0.103. The number of nitrogens with zero attached hydrogens (tertiary/aromatic N) is 4. The highest BCUT2D eigenvalue weighted by Gasteiger charge is 2.43. The van der Waals surface area contributed by atoms with Crippen molar-refractivity contribution in [3.8, 4) is 0 Å². The van der Waals surface area contributed by atoms with Gasteiger partial charge in [0.2, 0.25) is 15.9 Å². The van der Waals surface area contributed by atoms with Crippen molar-refractivity contribution in [1.82, 2.24) is 14.2 Å². The third-order valence-corrected chi connectivity index (χ3v) is 9.45. The molecule has 39 heavy (non-hydrogen) atoms. The number of benzene rings is 2. The Morgan fingerprint density at radius 2 is 1.72 bits per heavy atom. The number of hydrogen-bond donors (Lipinski definition) is 0. The zero-order chi connectivity index (χ0) is 27.6. The van der Waals surface area contributed by atoms with Crippen LogP contribution in [0.15, 0.2) is 65.8 Å². The first-order chi connectivity index (χ1) is 18.8. The van der Waals surface area contributed by atoms with Gasteiger partial charge in [0, 0.05) is 44.3 Å². The number of carbonyl (C=O) groups is 2. The molecule has 5 rings (SSSR count). The van der Waals surface area contributed by atoms with E-state index in [0.717, 1.165) is 52.3 Å². The molecule has 0 radical (unpaired) electrons. The quantitative estimate of drug-likeness (QED) is 0.417. The average Bonchev–Trinajstić information content (AvgIpc) is 2.94. The minimum Gasteiger partial charge on any atom is -0.464 e. The summed E-state index contributed by atoms with van der Waals surface area (Å²) in [6, 6.07) is 13.7. The molecule has 0 spiro atoms. The Hall–Kier alpha value is -3.50. The van der Waals surface area contributed by atoms with Crippen molar-refractivity contribution in [2.24, 2.45) is 5.92 Å². The van der Waals surface area contributed by atoms with Gasteiger partial charge in [-0.1, -0.05) is 29.8 Å². The topological polar surface area (TPSA) is 100 Å². The van der Waals surface area contributed by atoms with E-state index in [-0.39, 0.29) is 36.4 Å². The lowest BCUT2D eigenvalue weighted by Crippen LogP contribution is -2.61. The molecule has 0 saturated carbocycles. The van der Waals surface area contributed by atoms with E-state index in [9.17, 15) is 18.0 Å². The molecular formula is C29H34N4O5S. The molecule has 2 fully saturated rings. The van der Waals surface area contributed by atoms with Crippen LogP contribution in [-0.4, -0.2) is 79.9 Å². The van der Waals surface area contributed by atoms with Crippen molar-refractivity contribution < 1.29 is 22.7 Å². The van der Waals surface area contributed by atoms with E-state index in [4.69, 9.17) is 4.74 Å². The predicted octanol–water partition coefficient (Wildman–Crippen LogP) is 3.22. The van der Waals surface area contributed by atoms with E-state index in [1.165, 1.54) is 0 Å². The van der Waals surface area contributed by atoms with Crippen molar-refractivity contribution in [2.75, 3.05) is 44.2 Å². The average molecular weight is 551 g/mol. The number of esters is 1. The number of pyridine rings is 1. The first kappa shape index (κ1) is 27.1. The second-order valence-corrected chi connectivity index (χ2v) is 12.2. The minimum atomic E-state index is -4.01. The number of aryl methyl sites for hydroxylation is 1. The van der Waals surface area contributed by atoms with E-state index in [1.807, 2.05) is 37.3 Å². The molecule has 206 valence electrons. The summed E-state index contributed by atoms with van der Waals surface area (Å²) in [6.45, 7) is 5.47. The van der Waals surface area contributed by atoms with Crippen molar-refractivity contribution in [3.05, 3.63) is 66.5 Å². The zero-order valence-electron chi connectivity index (χ0n) is 22.3. The third kappa shape index (κ3) is 5.77. The number of anilines is 1. The Kier molecular flexibility index (Phi) is 7.86. The van der Waals surface area contributed by atoms with Crippen LogP contribution in [0.4, 0.5) is 5.69 Å². The maximum atomic E-state index is 13.6. The number of carbonyl (C=O) groups excluding carboxylic acids is 2. The molecular weight excluding hydrogens is 516 g/mol. The number of fused-ring (bicyclic) bond motifs is 1. The second-order valence-electron chi connectivity index (χ2n) is 10.3. The molecule has 0 unspecified atom stereocenters. The fourth-order valence-corrected chi connectivity index (χ4v) is 6.92. The van der Waals surface area contributed by atoms with Crippen LogP contribution in [-0.2, 0) is 24.3 Å². The first-order valence-electron chi connectivity index (χ1n) is 13.4. The Balaban J connectivity index is 1.32. The molecule has 0 bridgehead atoms. The third-order valence-electron chi connectivity index (χ3n) is 7.65. The number of piperidine rings is 1. The molecule has 1 aromatic heterocycles. The van der Waals surface area contributed by atoms with E-state index in [1.54, 1.807) is 42.4 Å². The van der Waals surface area contributed by atoms with Crippen LogP contribution >= 0.6 is 0 Å². The van der Waals surface area contributed by atoms with Crippen LogP contribution in [0.3, 0.4) is 0 Å². The molecule has 2 aromatic carbocycles. The maximum absolute atomic E-state index is 13.6. The highest BCUT2D eigenvalue weighted by atomic mass is 32.2. The molecule has 1 amide bonds. The zero-order valence-corrected chi connectivity index (χ0v) is 23.1. The van der Waals surface area contributed by atoms with Crippen LogP contribution in [0.5, 0.6) is 0 Å². The number of aromatic nitrogens is 1. The number of ether oxygens (including phenoxy) is 1. The summed E-state index contributed by atoms with van der Waals surface area (Å²) in [5.41, 5.74) is 2.20. The summed E-state index contributed by atoms with van der Waals surface area (Å²) in [4.78, 5) is 34.4. The van der Waals surface area contributed by atoms with E-state index in [0.29, 0.717) is 6.54 Å². The Labute approximate surface area is 229 Å². The molecule has 3 heterocycles. The highest BCUT2D eigenvalue weighted by molar-refractivity contribution is 7.89. The van der Waals surface area contributed by atoms with E-state index in [2.05, 4.69) is 9.88 Å². The van der Waals surface area contributed by atoms with Crippen LogP contribution < -0.4 is 4.90 Å². The number of hydrogen-bond acceptors (Lipinski definition) is 7. The Morgan fingerprint density at radius 1 is 1.03 bits per heavy atom. The van der Waals surface area contributed by atoms with Crippen molar-refractivity contribution in [3.63, 3.8) is 0 Å². The molecule has 2 aliphatic rings. The summed E-state index contributed by atoms with van der Waals surface area (Å²) in [5, 5.41) is 1.74. The van der Waals surface area contributed by atoms with Gasteiger partial charge in [-0.15, -0.1) is 0 Å². The molecule has 9 nitrogen and oxygen atoms in total. The number of rotatable bonds is 7. The molecule has 0 aliphatic carbocycles. The second kappa shape index (κ2) is 11.3. The van der Waals surface area contributed by atoms with E-state index >= 15 is 0 Å². The fraction of sp³-hybridized carbons (Fsp3) is 0.414. The summed E-state index contributed by atoms with van der Waals surface area (Å²) in [6.07, 6.45) is 5.27. The molecule has 1 atom stereocenters. The Morgan fingerprint density at radius 3 is 2.44 bits per heavy atom. The van der Waals surface area contributed by atoms with Crippen molar-refractivity contribution >= 4 is 38.4 Å². The lowest BCUT2D eigenvalue weighted by atomic mass is 9.94. The van der Waals surface area contributed by atoms with Crippen LogP contribution in [0, 0.1) is 12.8 Å². The normalized spacial score (nSPS) is 19.4. The van der Waals surface area contributed by atoms with Gasteiger partial charge in [-0.25, -0.2) is 13.2 Å². The van der Waals surface area contributed by atoms with Crippen LogP contribution in [0.25, 0.3) is 10.8 Å². The van der Waals surface area contributed by atoms with Gasteiger partial charge in [-0.2, -0.15) is 4.31 Å². The van der Waals surface area contributed by atoms with Gasteiger partial charge in [-0.3, -0.25) is 9.78 Å². The summed E-state index contributed by atoms with van der Waals surface area (Å²) in [7, 11) is -4.01. The highest BCUT2D eigenvalue weighted by Crippen LogP contribution is 2.28. The van der Waals surface area contributed by atoms with Crippen LogP contribution in [0.1, 0.15) is 25.3 Å². The van der Waals surface area contributed by atoms with Gasteiger partial charge in [0.1, 0.15) is 6.04 Å². The summed E-state index contributed by atoms with van der Waals surface area (Å²) in [5.74, 6) is -0.749. The molecule has 2 aliphatic heterocycles. The Bertz CT molecular complexity index is 1460. The standard InChI is InChI=1S/C29H34N4O5S/c1-3-38-29(35)27-19-32(39(36,37)26-7-6-23-16-21(2)4-5-24(23)17-26)20-28(34)33(27)18-22-10-14-31(15-11-22)25-8-12-30-13-9-25/h4-9,12-13,16-17,22,27H,3,10-11,14-15,18-20H2,1-2H3/t27-/m1/s1. The lowest BCUT2D eigenvalue weighted by Gasteiger charge is -2.42. The fourth-order valence-electron chi connectivity index (χ4n) is 5.48. The predicted molar refractivity (Wildman–Crippen MR) is 149 cm³/mol. The summed E-state index contributed by atoms with van der Waals surface area (Å²) >= 11 is 0. The molecule has 2 saturated heterocycles. The van der Waals surface area contributed by atoms with Crippen molar-refractivity contribution in [1.29, 1.82) is 0 Å². The van der Waals surface area contributed by atoms with Gasteiger partial charge < -0.3 is 14.5 Å². The SMILES string of the molecule is CCOC(=O)[C@H]1CN(S(=O)(=O)c2ccc3cc(C)ccc3c2)CC(=O)N1CC1CCN(c2ccncc2)CC1. The lowest BCUT2D eigenvalue weighted by molar-refractivity contribution is -0.158. The van der Waals surface area contributed by atoms with Gasteiger partial charge in [0.25, 0.3) is 0 Å². The molecule has 10 heteroatoms. The number of piperazine rings is 1. The van der Waals surface area contributed by atoms with Gasteiger partial charge in [0.05, 0.1) is 18.0 Å². The smallest absolute Gasteiger partial charge is 0.330 e. The first-order valence-corrected chi connectivity index (χ1v) is 14.8. The molecule has 3 aromatic rings. The monoisotopic (exact) mass is 550 g/mol. The maximum Gasteiger partial charge on any atom is 0.330 e. The van der Waals surface area contributed by atoms with Gasteiger partial charge in [0.15, 0.2) is 0 Å². The van der Waals surface area contributed by atoms with E-state index < -0.39 is 22.0 Å². The largest absolute Gasteiger partial charge is 0.464 e. The van der Waals surface area contributed by atoms with Crippen molar-refractivity contribution in [2.45, 2.75) is 37.6 Å². The number of amides is 1. The number of sulfonamides is 1. The molecule has 0 N–H and O–H groups in total. The van der Waals surface area contributed by atoms with Gasteiger partial charge in [-0.05, 0) is 67.6 Å². The van der Waals surface area contributed by atoms with Gasteiger partial charge >= 0.3 is 5.97 Å².